The van der Waals surface area contributed by atoms with Crippen molar-refractivity contribution in [1.82, 2.24) is 15.3 Å². The molecule has 1 saturated heterocycles. The fourth-order valence-corrected chi connectivity index (χ4v) is 4.15. The highest BCUT2D eigenvalue weighted by atomic mass is 16.5. The Hall–Kier alpha value is -3.04. The van der Waals surface area contributed by atoms with Gasteiger partial charge in [0.2, 0.25) is 5.82 Å². The van der Waals surface area contributed by atoms with Gasteiger partial charge in [0.05, 0.1) is 24.6 Å². The van der Waals surface area contributed by atoms with Gasteiger partial charge in [0, 0.05) is 25.4 Å². The zero-order chi connectivity index (χ0) is 20.7. The summed E-state index contributed by atoms with van der Waals surface area (Å²) in [6, 6.07) is 6.40. The van der Waals surface area contributed by atoms with Crippen molar-refractivity contribution in [3.8, 4) is 5.75 Å². The Morgan fingerprint density at radius 3 is 3.03 bits per heavy atom. The number of aromatic nitrogens is 2. The van der Waals surface area contributed by atoms with Crippen LogP contribution in [0, 0.1) is 0 Å². The number of fused-ring (bicyclic) bond motifs is 3. The molecule has 1 fully saturated rings. The third-order valence-electron chi connectivity index (χ3n) is 5.77. The standard InChI is InChI=1S/C21H22N4O5/c1-25-15-5-2-3-6-16(15)29-11-14(20(25)27)23-19(26)18-22-9-13-10-30-21(17(13)24-18)7-4-8-28-12-21/h2-3,5-6,9,14H,4,7-8,10-12H2,1H3,(H,23,26)/t14-,21-/m0/s1. The number of carbonyl (C=O) groups excluding carboxylic acids is 2. The van der Waals surface area contributed by atoms with E-state index in [4.69, 9.17) is 14.2 Å². The van der Waals surface area contributed by atoms with Crippen LogP contribution >= 0.6 is 0 Å². The van der Waals surface area contributed by atoms with Crippen LogP contribution in [0.3, 0.4) is 0 Å². The molecule has 2 amide bonds. The van der Waals surface area contributed by atoms with Gasteiger partial charge in [-0.15, -0.1) is 0 Å². The zero-order valence-corrected chi connectivity index (χ0v) is 16.6. The van der Waals surface area contributed by atoms with Gasteiger partial charge >= 0.3 is 0 Å². The van der Waals surface area contributed by atoms with E-state index in [0.29, 0.717) is 37.0 Å². The molecule has 3 aliphatic rings. The van der Waals surface area contributed by atoms with E-state index in [9.17, 15) is 9.59 Å². The van der Waals surface area contributed by atoms with Crippen LogP contribution in [-0.2, 0) is 26.5 Å². The molecule has 2 atom stereocenters. The predicted molar refractivity (Wildman–Crippen MR) is 105 cm³/mol. The van der Waals surface area contributed by atoms with E-state index in [1.54, 1.807) is 25.4 Å². The van der Waals surface area contributed by atoms with Crippen LogP contribution in [0.4, 0.5) is 5.69 Å². The summed E-state index contributed by atoms with van der Waals surface area (Å²) >= 11 is 0. The molecule has 1 aromatic carbocycles. The molecule has 3 aliphatic heterocycles. The second-order valence-electron chi connectivity index (χ2n) is 7.71. The lowest BCUT2D eigenvalue weighted by atomic mass is 9.92. The number of nitrogens with one attached hydrogen (secondary N) is 1. The lowest BCUT2D eigenvalue weighted by Crippen LogP contribution is -2.49. The van der Waals surface area contributed by atoms with Crippen LogP contribution in [0.15, 0.2) is 30.5 Å². The lowest BCUT2D eigenvalue weighted by Gasteiger charge is -2.32. The van der Waals surface area contributed by atoms with E-state index in [2.05, 4.69) is 15.3 Å². The summed E-state index contributed by atoms with van der Waals surface area (Å²) in [7, 11) is 1.66. The van der Waals surface area contributed by atoms with Crippen LogP contribution in [0.1, 0.15) is 34.7 Å². The molecule has 156 valence electrons. The number of nitrogens with zero attached hydrogens (tertiary/aromatic N) is 3. The van der Waals surface area contributed by atoms with Gasteiger partial charge in [0.15, 0.2) is 0 Å². The average molecular weight is 410 g/mol. The maximum atomic E-state index is 12.9. The van der Waals surface area contributed by atoms with Gasteiger partial charge in [-0.05, 0) is 25.0 Å². The number of para-hydroxylation sites is 2. The molecule has 4 heterocycles. The topological polar surface area (TPSA) is 103 Å². The minimum absolute atomic E-state index is 0.00131. The summed E-state index contributed by atoms with van der Waals surface area (Å²) in [6.45, 7) is 1.53. The van der Waals surface area contributed by atoms with Crippen molar-refractivity contribution in [2.45, 2.75) is 31.1 Å². The van der Waals surface area contributed by atoms with Gasteiger partial charge < -0.3 is 24.4 Å². The number of ether oxygens (including phenoxy) is 3. The first-order chi connectivity index (χ1) is 14.6. The molecule has 0 radical (unpaired) electrons. The maximum absolute atomic E-state index is 12.9. The SMILES string of the molecule is CN1C(=O)[C@@H](NC(=O)c2ncc3c(n2)[C@@]2(CCCOC2)OC3)COc2ccccc21. The number of rotatable bonds is 2. The first-order valence-corrected chi connectivity index (χ1v) is 9.96. The smallest absolute Gasteiger partial charge is 0.289 e. The fourth-order valence-electron chi connectivity index (χ4n) is 4.15. The Kier molecular flexibility index (Phi) is 4.63. The van der Waals surface area contributed by atoms with Crippen molar-refractivity contribution in [2.24, 2.45) is 0 Å². The molecule has 1 N–H and O–H groups in total. The van der Waals surface area contributed by atoms with Crippen LogP contribution in [0.5, 0.6) is 5.75 Å². The van der Waals surface area contributed by atoms with Crippen molar-refractivity contribution < 1.29 is 23.8 Å². The van der Waals surface area contributed by atoms with Crippen molar-refractivity contribution in [3.05, 3.63) is 47.5 Å². The van der Waals surface area contributed by atoms with Crippen LogP contribution in [-0.4, -0.2) is 54.7 Å². The summed E-state index contributed by atoms with van der Waals surface area (Å²) in [6.07, 6.45) is 3.27. The summed E-state index contributed by atoms with van der Waals surface area (Å²) in [5.41, 5.74) is 1.61. The molecular formula is C21H22N4O5. The van der Waals surface area contributed by atoms with Gasteiger partial charge in [0.25, 0.3) is 11.8 Å². The highest BCUT2D eigenvalue weighted by Gasteiger charge is 2.44. The Morgan fingerprint density at radius 1 is 1.33 bits per heavy atom. The summed E-state index contributed by atoms with van der Waals surface area (Å²) in [5.74, 6) is -0.204. The number of amides is 2. The van der Waals surface area contributed by atoms with Gasteiger partial charge in [-0.3, -0.25) is 9.59 Å². The number of carbonyl (C=O) groups is 2. The average Bonchev–Trinajstić information content (AvgIpc) is 3.07. The molecule has 0 bridgehead atoms. The van der Waals surface area contributed by atoms with Crippen molar-refractivity contribution in [3.63, 3.8) is 0 Å². The van der Waals surface area contributed by atoms with E-state index in [0.717, 1.165) is 18.4 Å². The summed E-state index contributed by atoms with van der Waals surface area (Å²) < 4.78 is 17.3. The van der Waals surface area contributed by atoms with E-state index in [-0.39, 0.29) is 18.3 Å². The van der Waals surface area contributed by atoms with Crippen LogP contribution < -0.4 is 15.0 Å². The van der Waals surface area contributed by atoms with E-state index >= 15 is 0 Å². The molecule has 0 aliphatic carbocycles. The quantitative estimate of drug-likeness (QED) is 0.793. The molecule has 5 rings (SSSR count). The van der Waals surface area contributed by atoms with Gasteiger partial charge in [-0.25, -0.2) is 9.97 Å². The third kappa shape index (κ3) is 3.10. The van der Waals surface area contributed by atoms with Crippen molar-refractivity contribution in [1.29, 1.82) is 0 Å². The first kappa shape index (κ1) is 19.0. The maximum Gasteiger partial charge on any atom is 0.289 e. The molecular weight excluding hydrogens is 388 g/mol. The monoisotopic (exact) mass is 410 g/mol. The third-order valence-corrected chi connectivity index (χ3v) is 5.77. The van der Waals surface area contributed by atoms with Gasteiger partial charge in [-0.1, -0.05) is 12.1 Å². The minimum atomic E-state index is -0.852. The molecule has 0 unspecified atom stereocenters. The van der Waals surface area contributed by atoms with E-state index in [1.807, 2.05) is 12.1 Å². The van der Waals surface area contributed by atoms with Crippen LogP contribution in [0.2, 0.25) is 0 Å². The van der Waals surface area contributed by atoms with E-state index in [1.165, 1.54) is 4.90 Å². The highest BCUT2D eigenvalue weighted by molar-refractivity contribution is 6.02. The fraction of sp³-hybridized carbons (Fsp3) is 0.429. The number of hydrogen-bond donors (Lipinski definition) is 1. The zero-order valence-electron chi connectivity index (χ0n) is 16.6. The molecule has 9 nitrogen and oxygen atoms in total. The number of hydrogen-bond acceptors (Lipinski definition) is 7. The Labute approximate surface area is 173 Å². The molecule has 1 aromatic heterocycles. The number of likely N-dealkylation sites (N-methyl/N-ethyl adjacent to an activating group) is 1. The summed E-state index contributed by atoms with van der Waals surface area (Å²) in [5, 5.41) is 2.72. The Bertz CT molecular complexity index is 999. The van der Waals surface area contributed by atoms with Crippen molar-refractivity contribution in [2.75, 3.05) is 31.8 Å². The molecule has 30 heavy (non-hydrogen) atoms. The van der Waals surface area contributed by atoms with Gasteiger partial charge in [0.1, 0.15) is 24.0 Å². The second-order valence-corrected chi connectivity index (χ2v) is 7.71. The Morgan fingerprint density at radius 2 is 2.20 bits per heavy atom. The molecule has 1 spiro atoms. The first-order valence-electron chi connectivity index (χ1n) is 9.96. The second kappa shape index (κ2) is 7.33. The number of benzene rings is 1. The largest absolute Gasteiger partial charge is 0.489 e. The van der Waals surface area contributed by atoms with E-state index < -0.39 is 17.6 Å². The minimum Gasteiger partial charge on any atom is -0.489 e. The molecule has 2 aromatic rings. The summed E-state index contributed by atoms with van der Waals surface area (Å²) in [4.78, 5) is 35.9. The Balaban J connectivity index is 1.36. The number of anilines is 1. The highest BCUT2D eigenvalue weighted by Crippen LogP contribution is 2.40. The van der Waals surface area contributed by atoms with Crippen molar-refractivity contribution >= 4 is 17.5 Å². The normalized spacial score (nSPS) is 25.3. The molecule has 0 saturated carbocycles. The predicted octanol–water partition coefficient (Wildman–Crippen LogP) is 1.17. The lowest BCUT2D eigenvalue weighted by molar-refractivity contribution is -0.127. The van der Waals surface area contributed by atoms with Crippen LogP contribution in [0.25, 0.3) is 0 Å². The molecule has 9 heteroatoms. The van der Waals surface area contributed by atoms with Gasteiger partial charge in [-0.2, -0.15) is 0 Å².